The number of benzene rings is 1. The van der Waals surface area contributed by atoms with Crippen molar-refractivity contribution in [1.82, 2.24) is 29.9 Å². The second-order valence-electron chi connectivity index (χ2n) is 10.5. The zero-order chi connectivity index (χ0) is 31.7. The van der Waals surface area contributed by atoms with Crippen LogP contribution in [0.4, 0.5) is 4.79 Å². The zero-order valence-corrected chi connectivity index (χ0v) is 26.3. The summed E-state index contributed by atoms with van der Waals surface area (Å²) in [5, 5.41) is 3.59. The number of hydrogen-bond acceptors (Lipinski definition) is 11. The zero-order valence-electron chi connectivity index (χ0n) is 24.8. The molecule has 0 spiro atoms. The van der Waals surface area contributed by atoms with Crippen LogP contribution in [0.2, 0.25) is 5.02 Å². The van der Waals surface area contributed by atoms with Crippen molar-refractivity contribution in [3.05, 3.63) is 82.8 Å². The molecule has 44 heavy (non-hydrogen) atoms. The first-order valence-electron chi connectivity index (χ1n) is 13.7. The van der Waals surface area contributed by atoms with Gasteiger partial charge in [0.1, 0.15) is 16.9 Å². The minimum Gasteiger partial charge on any atom is -0.494 e. The fourth-order valence-electron chi connectivity index (χ4n) is 4.15. The van der Waals surface area contributed by atoms with Crippen molar-refractivity contribution >= 4 is 41.5 Å². The van der Waals surface area contributed by atoms with E-state index in [1.165, 1.54) is 7.11 Å². The minimum atomic E-state index is -0.830. The van der Waals surface area contributed by atoms with Crippen LogP contribution in [-0.4, -0.2) is 63.6 Å². The first kappa shape index (κ1) is 32.6. The van der Waals surface area contributed by atoms with Crippen molar-refractivity contribution in [3.8, 4) is 11.5 Å². The Hall–Kier alpha value is -4.36. The van der Waals surface area contributed by atoms with E-state index in [1.807, 2.05) is 0 Å². The van der Waals surface area contributed by atoms with Gasteiger partial charge in [0.25, 0.3) is 11.8 Å². The molecule has 0 atom stereocenters. The van der Waals surface area contributed by atoms with Crippen LogP contribution in [0.1, 0.15) is 38.4 Å². The van der Waals surface area contributed by atoms with Gasteiger partial charge in [-0.15, -0.1) is 0 Å². The van der Waals surface area contributed by atoms with Crippen molar-refractivity contribution in [3.63, 3.8) is 0 Å². The number of para-hydroxylation sites is 1. The number of methoxy groups -OCH3 is 1. The molecule has 12 nitrogen and oxygen atoms in total. The Bertz CT molecular complexity index is 1530. The molecule has 3 heterocycles. The van der Waals surface area contributed by atoms with E-state index < -0.39 is 23.5 Å². The van der Waals surface area contributed by atoms with Gasteiger partial charge in [0.05, 0.1) is 35.5 Å². The molecule has 0 unspecified atom stereocenters. The van der Waals surface area contributed by atoms with Gasteiger partial charge >= 0.3 is 6.09 Å². The predicted octanol–water partition coefficient (Wildman–Crippen LogP) is 4.49. The highest BCUT2D eigenvalue weighted by Crippen LogP contribution is 2.34. The molecule has 0 saturated heterocycles. The van der Waals surface area contributed by atoms with Gasteiger partial charge in [-0.05, 0) is 50.9 Å². The van der Waals surface area contributed by atoms with E-state index in [2.05, 4.69) is 25.0 Å². The number of amides is 3. The molecule has 3 aromatic rings. The number of rotatable bonds is 11. The van der Waals surface area contributed by atoms with Gasteiger partial charge in [0.15, 0.2) is 5.75 Å². The molecule has 14 heteroatoms. The maximum absolute atomic E-state index is 13.6. The van der Waals surface area contributed by atoms with Crippen LogP contribution in [0.25, 0.3) is 0 Å². The van der Waals surface area contributed by atoms with E-state index in [0.29, 0.717) is 40.1 Å². The smallest absolute Gasteiger partial charge is 0.417 e. The number of carbonyl (C=O) groups is 3. The highest BCUT2D eigenvalue weighted by Gasteiger charge is 2.37. The Morgan fingerprint density at radius 3 is 2.64 bits per heavy atom. The van der Waals surface area contributed by atoms with Gasteiger partial charge in [-0.25, -0.2) is 9.69 Å². The lowest BCUT2D eigenvalue weighted by Gasteiger charge is -2.31. The lowest BCUT2D eigenvalue weighted by Crippen LogP contribution is -2.48. The van der Waals surface area contributed by atoms with E-state index in [9.17, 15) is 14.4 Å². The molecule has 0 radical (unpaired) electrons. The molecule has 0 saturated carbocycles. The van der Waals surface area contributed by atoms with Gasteiger partial charge in [-0.3, -0.25) is 29.3 Å². The summed E-state index contributed by atoms with van der Waals surface area (Å²) in [5.41, 5.74) is 0.876. The maximum atomic E-state index is 13.6. The molecule has 0 bridgehead atoms. The van der Waals surface area contributed by atoms with Gasteiger partial charge in [0.2, 0.25) is 0 Å². The minimum absolute atomic E-state index is 0.0277. The SMILES string of the molecule is COc1c(Cl)cccc1SNC(=O)C1=C(NCc2ccncc2OCCc2cnccn2)CCN(C(=O)OC(C)(C)C)C1=O. The summed E-state index contributed by atoms with van der Waals surface area (Å²) in [5.74, 6) is -0.564. The highest BCUT2D eigenvalue weighted by molar-refractivity contribution is 7.98. The average Bonchev–Trinajstić information content (AvgIpc) is 2.99. The molecule has 4 rings (SSSR count). The second-order valence-corrected chi connectivity index (χ2v) is 11.7. The quantitative estimate of drug-likeness (QED) is 0.226. The maximum Gasteiger partial charge on any atom is 0.417 e. The topological polar surface area (TPSA) is 145 Å². The molecule has 0 aliphatic carbocycles. The number of carbonyl (C=O) groups excluding carboxylic acids is 3. The fourth-order valence-corrected chi connectivity index (χ4v) is 5.19. The van der Waals surface area contributed by atoms with Gasteiger partial charge in [0, 0.05) is 62.0 Å². The average molecular weight is 641 g/mol. The van der Waals surface area contributed by atoms with Crippen LogP contribution in [0.3, 0.4) is 0 Å². The molecule has 1 aromatic carbocycles. The number of pyridine rings is 1. The first-order valence-corrected chi connectivity index (χ1v) is 14.9. The number of hydrogen-bond donors (Lipinski definition) is 2. The molecular formula is C30H33ClN6O6S. The van der Waals surface area contributed by atoms with Crippen molar-refractivity contribution in [2.75, 3.05) is 20.3 Å². The molecule has 1 aliphatic heterocycles. The monoisotopic (exact) mass is 640 g/mol. The van der Waals surface area contributed by atoms with Crippen LogP contribution in [0.5, 0.6) is 11.5 Å². The number of ether oxygens (including phenoxy) is 3. The molecule has 0 fully saturated rings. The number of aromatic nitrogens is 3. The Kier molecular flexibility index (Phi) is 11.0. The third-order valence-corrected chi connectivity index (χ3v) is 7.30. The molecule has 1 aliphatic rings. The summed E-state index contributed by atoms with van der Waals surface area (Å²) < 4.78 is 19.4. The van der Waals surface area contributed by atoms with Crippen LogP contribution < -0.4 is 19.5 Å². The molecule has 2 aromatic heterocycles. The standard InChI is InChI=1S/C30H33ClN6O6S/c1-30(2,3)43-29(40)37-14-9-22(25(28(37)39)27(38)36-44-24-7-5-6-21(31)26(24)41-4)35-16-19-8-11-32-18-23(19)42-15-10-20-17-33-12-13-34-20/h5-8,11-13,17-18,35H,9-10,14-16H2,1-4H3,(H,36,38). The van der Waals surface area contributed by atoms with Crippen molar-refractivity contribution in [1.29, 1.82) is 0 Å². The van der Waals surface area contributed by atoms with Crippen LogP contribution in [0.15, 0.2) is 71.4 Å². The van der Waals surface area contributed by atoms with Crippen molar-refractivity contribution in [2.24, 2.45) is 0 Å². The second kappa shape index (κ2) is 14.9. The van der Waals surface area contributed by atoms with Gasteiger partial charge in [-0.1, -0.05) is 17.7 Å². The predicted molar refractivity (Wildman–Crippen MR) is 164 cm³/mol. The van der Waals surface area contributed by atoms with Crippen molar-refractivity contribution < 1.29 is 28.6 Å². The summed E-state index contributed by atoms with van der Waals surface area (Å²) in [6.07, 6.45) is 8.05. The summed E-state index contributed by atoms with van der Waals surface area (Å²) in [7, 11) is 1.47. The summed E-state index contributed by atoms with van der Waals surface area (Å²) in [6, 6.07) is 6.87. The lowest BCUT2D eigenvalue weighted by molar-refractivity contribution is -0.130. The lowest BCUT2D eigenvalue weighted by atomic mass is 10.0. The number of imide groups is 1. The fraction of sp³-hybridized carbons (Fsp3) is 0.333. The largest absolute Gasteiger partial charge is 0.494 e. The summed E-state index contributed by atoms with van der Waals surface area (Å²) in [6.45, 7) is 5.70. The van der Waals surface area contributed by atoms with E-state index in [1.54, 1.807) is 76.0 Å². The number of halogens is 1. The molecular weight excluding hydrogens is 608 g/mol. The molecule has 3 amide bonds. The van der Waals surface area contributed by atoms with E-state index in [4.69, 9.17) is 25.8 Å². The van der Waals surface area contributed by atoms with Crippen molar-refractivity contribution in [2.45, 2.75) is 50.7 Å². The Morgan fingerprint density at radius 1 is 1.11 bits per heavy atom. The van der Waals surface area contributed by atoms with Crippen LogP contribution in [-0.2, 0) is 27.3 Å². The Labute approximate surface area is 264 Å². The third kappa shape index (κ3) is 8.60. The summed E-state index contributed by atoms with van der Waals surface area (Å²) >= 11 is 7.16. The van der Waals surface area contributed by atoms with Crippen LogP contribution in [0, 0.1) is 0 Å². The summed E-state index contributed by atoms with van der Waals surface area (Å²) in [4.78, 5) is 54.0. The molecule has 2 N–H and O–H groups in total. The Balaban J connectivity index is 1.54. The van der Waals surface area contributed by atoms with Crippen LogP contribution >= 0.6 is 23.5 Å². The molecule has 232 valence electrons. The van der Waals surface area contributed by atoms with Gasteiger partial charge in [-0.2, -0.15) is 0 Å². The van der Waals surface area contributed by atoms with E-state index >= 15 is 0 Å². The third-order valence-electron chi connectivity index (χ3n) is 6.17. The Morgan fingerprint density at radius 2 is 1.91 bits per heavy atom. The van der Waals surface area contributed by atoms with Gasteiger partial charge < -0.3 is 19.5 Å². The number of nitrogens with zero attached hydrogens (tertiary/aromatic N) is 4. The highest BCUT2D eigenvalue weighted by atomic mass is 35.5. The van der Waals surface area contributed by atoms with E-state index in [0.717, 1.165) is 28.1 Å². The first-order chi connectivity index (χ1) is 21.1. The normalized spacial score (nSPS) is 13.4. The van der Waals surface area contributed by atoms with E-state index in [-0.39, 0.29) is 25.1 Å². The number of nitrogens with one attached hydrogen (secondary N) is 2.